The molecule has 3 rings (SSSR count). The maximum absolute atomic E-state index is 13.6. The van der Waals surface area contributed by atoms with Gasteiger partial charge < -0.3 is 10.2 Å². The third kappa shape index (κ3) is 9.27. The molecule has 0 aromatic heterocycles. The standard InChI is InChI=1S/C37H48F6N2/c1-25(2)18-21-44-31-16-14-27(36(38,39)40)23-29(31)34(5,6)20-12-10-9-11-13-33-35(7,8)30-24-28(37(41,42)43)15-17-32(30)45(33)22-19-26(3)4/h9-17,23-26,44H,18-22H2,1-8H3/p+1/b11-9+,12-10+,33-13+. The Bertz CT molecular complexity index is 1390. The van der Waals surface area contributed by atoms with Crippen molar-refractivity contribution in [2.24, 2.45) is 11.8 Å². The van der Waals surface area contributed by atoms with Crippen LogP contribution in [-0.4, -0.2) is 13.1 Å². The Morgan fingerprint density at radius 1 is 0.800 bits per heavy atom. The summed E-state index contributed by atoms with van der Waals surface area (Å²) in [4.78, 5) is 2.12. The van der Waals surface area contributed by atoms with Crippen molar-refractivity contribution in [3.63, 3.8) is 0 Å². The predicted molar refractivity (Wildman–Crippen MR) is 173 cm³/mol. The number of nitrogens with two attached hydrogens (primary N) is 1. The molecule has 1 aliphatic heterocycles. The van der Waals surface area contributed by atoms with Gasteiger partial charge in [0.2, 0.25) is 0 Å². The molecule has 8 heteroatoms. The van der Waals surface area contributed by atoms with Crippen LogP contribution in [0.4, 0.5) is 37.7 Å². The van der Waals surface area contributed by atoms with Gasteiger partial charge in [0.25, 0.3) is 0 Å². The van der Waals surface area contributed by atoms with Gasteiger partial charge in [0, 0.05) is 28.9 Å². The van der Waals surface area contributed by atoms with E-state index in [1.807, 2.05) is 63.4 Å². The number of rotatable bonds is 12. The SMILES string of the molecule is CC(C)CC[NH2+]c1ccc(C(F)(F)F)cc1C(C)(C)C/C=C/C=C/C=C1/N(CCC(C)C)c2ccc(C(F)(F)F)cc2C1(C)C. The van der Waals surface area contributed by atoms with Gasteiger partial charge >= 0.3 is 12.4 Å². The van der Waals surface area contributed by atoms with Crippen LogP contribution >= 0.6 is 0 Å². The molecular formula is C37H49F6N2+. The van der Waals surface area contributed by atoms with E-state index in [4.69, 9.17) is 0 Å². The molecule has 2 aromatic rings. The fraction of sp³-hybridized carbons (Fsp3) is 0.514. The second kappa shape index (κ2) is 14.2. The molecule has 1 aliphatic rings. The maximum Gasteiger partial charge on any atom is 0.416 e. The van der Waals surface area contributed by atoms with Gasteiger partial charge in [-0.3, -0.25) is 0 Å². The van der Waals surface area contributed by atoms with Gasteiger partial charge in [0.05, 0.1) is 17.7 Å². The summed E-state index contributed by atoms with van der Waals surface area (Å²) in [6.07, 6.45) is 3.08. The minimum Gasteiger partial charge on any atom is -0.344 e. The van der Waals surface area contributed by atoms with Crippen molar-refractivity contribution in [2.45, 2.75) is 97.8 Å². The van der Waals surface area contributed by atoms with E-state index < -0.39 is 34.3 Å². The zero-order valence-electron chi connectivity index (χ0n) is 27.8. The van der Waals surface area contributed by atoms with E-state index in [2.05, 4.69) is 32.6 Å². The van der Waals surface area contributed by atoms with Gasteiger partial charge in [-0.1, -0.05) is 79.7 Å². The van der Waals surface area contributed by atoms with Crippen molar-refractivity contribution in [1.82, 2.24) is 0 Å². The zero-order valence-corrected chi connectivity index (χ0v) is 27.8. The molecule has 0 amide bonds. The van der Waals surface area contributed by atoms with E-state index in [9.17, 15) is 26.3 Å². The summed E-state index contributed by atoms with van der Waals surface area (Å²) in [5.74, 6) is 0.931. The molecule has 0 atom stereocenters. The lowest BCUT2D eigenvalue weighted by atomic mass is 9.79. The number of hydrogen-bond acceptors (Lipinski definition) is 1. The Labute approximate surface area is 265 Å². The second-order valence-electron chi connectivity index (χ2n) is 14.1. The third-order valence-corrected chi connectivity index (χ3v) is 8.61. The smallest absolute Gasteiger partial charge is 0.344 e. The molecule has 45 heavy (non-hydrogen) atoms. The molecule has 248 valence electrons. The first kappa shape index (κ1) is 36.5. The van der Waals surface area contributed by atoms with Crippen LogP contribution in [-0.2, 0) is 23.2 Å². The van der Waals surface area contributed by atoms with Crippen molar-refractivity contribution in [2.75, 3.05) is 18.0 Å². The van der Waals surface area contributed by atoms with Crippen LogP contribution in [0.25, 0.3) is 0 Å². The van der Waals surface area contributed by atoms with Crippen LogP contribution in [0.3, 0.4) is 0 Å². The van der Waals surface area contributed by atoms with Gasteiger partial charge in [-0.05, 0) is 84.6 Å². The van der Waals surface area contributed by atoms with E-state index in [1.165, 1.54) is 12.1 Å². The van der Waals surface area contributed by atoms with Crippen molar-refractivity contribution in [1.29, 1.82) is 0 Å². The second-order valence-corrected chi connectivity index (χ2v) is 14.1. The Morgan fingerprint density at radius 3 is 2.00 bits per heavy atom. The fourth-order valence-electron chi connectivity index (χ4n) is 5.81. The molecular weight excluding hydrogens is 586 g/mol. The Kier molecular flexibility index (Phi) is 11.5. The summed E-state index contributed by atoms with van der Waals surface area (Å²) in [5, 5.41) is 2.04. The number of allylic oxidation sites excluding steroid dienone is 6. The van der Waals surface area contributed by atoms with Crippen molar-refractivity contribution < 1.29 is 31.7 Å². The molecule has 0 bridgehead atoms. The van der Waals surface area contributed by atoms with E-state index in [1.54, 1.807) is 12.1 Å². The summed E-state index contributed by atoms with van der Waals surface area (Å²) >= 11 is 0. The van der Waals surface area contributed by atoms with Crippen LogP contribution < -0.4 is 10.2 Å². The Balaban J connectivity index is 1.84. The van der Waals surface area contributed by atoms with Crippen LogP contribution in [0.5, 0.6) is 0 Å². The lowest BCUT2D eigenvalue weighted by Gasteiger charge is -2.27. The van der Waals surface area contributed by atoms with Gasteiger partial charge in [-0.15, -0.1) is 0 Å². The average Bonchev–Trinajstić information content (AvgIpc) is 3.13. The first-order chi connectivity index (χ1) is 20.7. The minimum absolute atomic E-state index is 0.430. The quantitative estimate of drug-likeness (QED) is 0.140. The molecule has 1 heterocycles. The number of anilines is 1. The highest BCUT2D eigenvalue weighted by Crippen LogP contribution is 2.49. The molecule has 0 radical (unpaired) electrons. The van der Waals surface area contributed by atoms with Crippen molar-refractivity contribution in [3.05, 3.63) is 94.7 Å². The number of nitrogens with zero attached hydrogens (tertiary/aromatic N) is 1. The van der Waals surface area contributed by atoms with E-state index >= 15 is 0 Å². The van der Waals surface area contributed by atoms with E-state index in [0.717, 1.165) is 48.6 Å². The van der Waals surface area contributed by atoms with Crippen LogP contribution in [0.2, 0.25) is 0 Å². The molecule has 0 unspecified atom stereocenters. The van der Waals surface area contributed by atoms with Crippen LogP contribution in [0.1, 0.15) is 96.9 Å². The first-order valence-corrected chi connectivity index (χ1v) is 15.8. The summed E-state index contributed by atoms with van der Waals surface area (Å²) in [5.41, 5.74) is 1.40. The maximum atomic E-state index is 13.6. The van der Waals surface area contributed by atoms with Crippen molar-refractivity contribution in [3.8, 4) is 0 Å². The highest BCUT2D eigenvalue weighted by molar-refractivity contribution is 5.71. The molecule has 2 aromatic carbocycles. The van der Waals surface area contributed by atoms with Gasteiger partial charge in [0.1, 0.15) is 5.69 Å². The topological polar surface area (TPSA) is 19.9 Å². The number of alkyl halides is 6. The largest absolute Gasteiger partial charge is 0.416 e. The highest BCUT2D eigenvalue weighted by Gasteiger charge is 2.42. The summed E-state index contributed by atoms with van der Waals surface area (Å²) in [7, 11) is 0. The predicted octanol–water partition coefficient (Wildman–Crippen LogP) is 10.5. The Morgan fingerprint density at radius 2 is 1.40 bits per heavy atom. The number of quaternary nitrogens is 1. The van der Waals surface area contributed by atoms with Gasteiger partial charge in [0.15, 0.2) is 0 Å². The third-order valence-electron chi connectivity index (χ3n) is 8.61. The minimum atomic E-state index is -4.42. The zero-order chi connectivity index (χ0) is 33.8. The van der Waals surface area contributed by atoms with Gasteiger partial charge in [-0.2, -0.15) is 26.3 Å². The van der Waals surface area contributed by atoms with Crippen LogP contribution in [0, 0.1) is 11.8 Å². The molecule has 0 saturated carbocycles. The summed E-state index contributed by atoms with van der Waals surface area (Å²) < 4.78 is 81.5. The lowest BCUT2D eigenvalue weighted by Crippen LogP contribution is -2.78. The molecule has 2 N–H and O–H groups in total. The highest BCUT2D eigenvalue weighted by atomic mass is 19.4. The van der Waals surface area contributed by atoms with Gasteiger partial charge in [-0.25, -0.2) is 0 Å². The average molecular weight is 636 g/mol. The monoisotopic (exact) mass is 635 g/mol. The molecule has 0 fully saturated rings. The molecule has 0 saturated heterocycles. The van der Waals surface area contributed by atoms with Crippen LogP contribution in [0.15, 0.2) is 72.5 Å². The molecule has 0 spiro atoms. The number of hydrogen-bond donors (Lipinski definition) is 1. The van der Waals surface area contributed by atoms with Crippen molar-refractivity contribution >= 4 is 11.4 Å². The number of fused-ring (bicyclic) bond motifs is 1. The number of halogens is 6. The Hall–Kier alpha value is -3.00. The lowest BCUT2D eigenvalue weighted by molar-refractivity contribution is -0.573. The van der Waals surface area contributed by atoms with E-state index in [-0.39, 0.29) is 0 Å². The normalized spacial score (nSPS) is 16.7. The molecule has 2 nitrogen and oxygen atoms in total. The number of benzene rings is 2. The molecule has 0 aliphatic carbocycles. The summed E-state index contributed by atoms with van der Waals surface area (Å²) in [6, 6.07) is 8.02. The summed E-state index contributed by atoms with van der Waals surface area (Å²) in [6.45, 7) is 17.8. The first-order valence-electron chi connectivity index (χ1n) is 15.8. The fourth-order valence-corrected chi connectivity index (χ4v) is 5.81. The van der Waals surface area contributed by atoms with E-state index in [0.29, 0.717) is 35.9 Å².